The summed E-state index contributed by atoms with van der Waals surface area (Å²) in [5.41, 5.74) is 2.87. The van der Waals surface area contributed by atoms with Crippen molar-refractivity contribution in [3.63, 3.8) is 0 Å². The summed E-state index contributed by atoms with van der Waals surface area (Å²) in [5.74, 6) is -0.117. The molecule has 0 bridgehead atoms. The molecule has 1 heterocycles. The minimum absolute atomic E-state index is 0.190. The lowest BCUT2D eigenvalue weighted by atomic mass is 9.92. The Bertz CT molecular complexity index is 1020. The van der Waals surface area contributed by atoms with Crippen LogP contribution >= 0.6 is 0 Å². The highest BCUT2D eigenvalue weighted by Gasteiger charge is 2.38. The minimum Gasteiger partial charge on any atom is -0.489 e. The van der Waals surface area contributed by atoms with Crippen molar-refractivity contribution in [3.8, 4) is 5.75 Å². The molecule has 1 amide bonds. The van der Waals surface area contributed by atoms with Crippen molar-refractivity contribution < 1.29 is 33.3 Å². The average Bonchev–Trinajstić information content (AvgIpc) is 2.84. The zero-order valence-corrected chi connectivity index (χ0v) is 19.3. The van der Waals surface area contributed by atoms with Gasteiger partial charge < -0.3 is 18.9 Å². The molecule has 0 saturated carbocycles. The second kappa shape index (κ2) is 10.8. The van der Waals surface area contributed by atoms with E-state index in [-0.39, 0.29) is 19.1 Å². The molecule has 0 spiro atoms. The molecule has 3 rings (SSSR count). The lowest BCUT2D eigenvalue weighted by molar-refractivity contribution is -0.147. The van der Waals surface area contributed by atoms with E-state index in [1.54, 1.807) is 30.3 Å². The molecule has 176 valence electrons. The van der Waals surface area contributed by atoms with Crippen LogP contribution < -0.4 is 4.74 Å². The number of rotatable bonds is 7. The van der Waals surface area contributed by atoms with Gasteiger partial charge in [0.2, 0.25) is 0 Å². The van der Waals surface area contributed by atoms with E-state index >= 15 is 0 Å². The third kappa shape index (κ3) is 5.83. The Labute approximate surface area is 193 Å². The van der Waals surface area contributed by atoms with Gasteiger partial charge in [-0.25, -0.2) is 14.4 Å². The van der Waals surface area contributed by atoms with Crippen molar-refractivity contribution in [3.05, 3.63) is 64.7 Å². The quantitative estimate of drug-likeness (QED) is 0.462. The molecule has 2 aromatic rings. The number of amides is 1. The molecule has 0 aliphatic carbocycles. The number of ether oxygens (including phenoxy) is 4. The molecule has 8 nitrogen and oxygen atoms in total. The Morgan fingerprint density at radius 3 is 2.55 bits per heavy atom. The zero-order valence-electron chi connectivity index (χ0n) is 19.3. The van der Waals surface area contributed by atoms with Crippen LogP contribution in [0, 0.1) is 5.92 Å². The maximum absolute atomic E-state index is 12.6. The van der Waals surface area contributed by atoms with Gasteiger partial charge in [-0.15, -0.1) is 0 Å². The Kier molecular flexibility index (Phi) is 7.92. The molecular weight excluding hydrogens is 426 g/mol. The van der Waals surface area contributed by atoms with E-state index in [0.29, 0.717) is 29.8 Å². The summed E-state index contributed by atoms with van der Waals surface area (Å²) >= 11 is 0. The van der Waals surface area contributed by atoms with E-state index in [4.69, 9.17) is 18.9 Å². The van der Waals surface area contributed by atoms with Crippen LogP contribution in [-0.2, 0) is 32.0 Å². The number of carbonyl (C=O) groups excluding carboxylic acids is 3. The number of fused-ring (bicyclic) bond motifs is 1. The van der Waals surface area contributed by atoms with Crippen LogP contribution in [0.25, 0.3) is 0 Å². The van der Waals surface area contributed by atoms with E-state index in [9.17, 15) is 14.4 Å². The summed E-state index contributed by atoms with van der Waals surface area (Å²) in [5, 5.41) is 0. The zero-order chi connectivity index (χ0) is 24.0. The van der Waals surface area contributed by atoms with Crippen LogP contribution in [0.3, 0.4) is 0 Å². The molecule has 0 fully saturated rings. The van der Waals surface area contributed by atoms with Gasteiger partial charge in [0.05, 0.1) is 26.4 Å². The molecule has 0 N–H and O–H groups in total. The number of methoxy groups -OCH3 is 2. The minimum atomic E-state index is -0.871. The first-order valence-electron chi connectivity index (χ1n) is 10.8. The largest absolute Gasteiger partial charge is 0.489 e. The fourth-order valence-corrected chi connectivity index (χ4v) is 3.65. The second-order valence-electron chi connectivity index (χ2n) is 8.18. The van der Waals surface area contributed by atoms with Crippen LogP contribution in [0.4, 0.5) is 4.79 Å². The number of hydrogen-bond donors (Lipinski definition) is 0. The second-order valence-corrected chi connectivity index (χ2v) is 8.18. The van der Waals surface area contributed by atoms with Crippen molar-refractivity contribution >= 4 is 18.0 Å². The van der Waals surface area contributed by atoms with Gasteiger partial charge in [0, 0.05) is 6.54 Å². The monoisotopic (exact) mass is 455 g/mol. The van der Waals surface area contributed by atoms with Crippen LogP contribution in [0.1, 0.15) is 46.9 Å². The van der Waals surface area contributed by atoms with E-state index in [1.807, 2.05) is 26.0 Å². The molecule has 1 unspecified atom stereocenters. The topological polar surface area (TPSA) is 91.4 Å². The maximum Gasteiger partial charge on any atom is 0.410 e. The van der Waals surface area contributed by atoms with Crippen LogP contribution in [-0.4, -0.2) is 50.3 Å². The van der Waals surface area contributed by atoms with E-state index in [0.717, 1.165) is 11.1 Å². The first-order chi connectivity index (χ1) is 15.8. The summed E-state index contributed by atoms with van der Waals surface area (Å²) in [7, 11) is 2.64. The molecule has 1 atom stereocenters. The number of benzene rings is 2. The maximum atomic E-state index is 12.6. The van der Waals surface area contributed by atoms with Gasteiger partial charge in [0.15, 0.2) is 6.04 Å². The van der Waals surface area contributed by atoms with Gasteiger partial charge in [-0.05, 0) is 53.3 Å². The summed E-state index contributed by atoms with van der Waals surface area (Å²) in [4.78, 5) is 38.3. The van der Waals surface area contributed by atoms with Crippen molar-refractivity contribution in [2.75, 3.05) is 27.4 Å². The standard InChI is InChI=1S/C25H29NO7/c1-16(2)14-33-25(29)26-11-10-18-13-20(8-9-21(18)22(26)24(28)31-4)32-15-17-6-5-7-19(12-17)23(27)30-3/h5-9,12-13,16,22H,10-11,14-15H2,1-4H3. The van der Waals surface area contributed by atoms with E-state index < -0.39 is 24.1 Å². The normalized spacial score (nSPS) is 14.9. The SMILES string of the molecule is COC(=O)c1cccc(COc2ccc3c(c2)CCN(C(=O)OCC(C)C)C3C(=O)OC)c1. The van der Waals surface area contributed by atoms with E-state index in [2.05, 4.69) is 0 Å². The van der Waals surface area contributed by atoms with E-state index in [1.165, 1.54) is 19.1 Å². The summed E-state index contributed by atoms with van der Waals surface area (Å²) in [6.45, 7) is 4.76. The van der Waals surface area contributed by atoms with Crippen LogP contribution in [0.15, 0.2) is 42.5 Å². The highest BCUT2D eigenvalue weighted by molar-refractivity contribution is 5.89. The molecule has 0 aromatic heterocycles. The summed E-state index contributed by atoms with van der Waals surface area (Å²) < 4.78 is 21.0. The molecule has 8 heteroatoms. The molecule has 33 heavy (non-hydrogen) atoms. The lowest BCUT2D eigenvalue weighted by Gasteiger charge is -2.35. The number of hydrogen-bond acceptors (Lipinski definition) is 7. The lowest BCUT2D eigenvalue weighted by Crippen LogP contribution is -2.44. The van der Waals surface area contributed by atoms with Gasteiger partial charge in [0.1, 0.15) is 12.4 Å². The molecule has 1 aliphatic heterocycles. The Hall–Kier alpha value is -3.55. The van der Waals surface area contributed by atoms with Crippen molar-refractivity contribution in [1.82, 2.24) is 4.90 Å². The van der Waals surface area contributed by atoms with Gasteiger partial charge in [-0.3, -0.25) is 4.90 Å². The third-order valence-electron chi connectivity index (χ3n) is 5.30. The van der Waals surface area contributed by atoms with Gasteiger partial charge >= 0.3 is 18.0 Å². The summed E-state index contributed by atoms with van der Waals surface area (Å²) in [6, 6.07) is 11.6. The van der Waals surface area contributed by atoms with Gasteiger partial charge in [0.25, 0.3) is 0 Å². The Morgan fingerprint density at radius 2 is 1.85 bits per heavy atom. The molecule has 0 radical (unpaired) electrons. The molecule has 0 saturated heterocycles. The van der Waals surface area contributed by atoms with Gasteiger partial charge in [-0.1, -0.05) is 32.0 Å². The highest BCUT2D eigenvalue weighted by Crippen LogP contribution is 2.34. The van der Waals surface area contributed by atoms with Crippen molar-refractivity contribution in [1.29, 1.82) is 0 Å². The molecular formula is C25H29NO7. The van der Waals surface area contributed by atoms with Crippen LogP contribution in [0.2, 0.25) is 0 Å². The number of esters is 2. The fraction of sp³-hybridized carbons (Fsp3) is 0.400. The van der Waals surface area contributed by atoms with Crippen LogP contribution in [0.5, 0.6) is 5.75 Å². The van der Waals surface area contributed by atoms with Crippen molar-refractivity contribution in [2.24, 2.45) is 5.92 Å². The number of carbonyl (C=O) groups is 3. The number of nitrogens with zero attached hydrogens (tertiary/aromatic N) is 1. The predicted octanol–water partition coefficient (Wildman–Crippen LogP) is 3.92. The average molecular weight is 456 g/mol. The molecule has 1 aliphatic rings. The molecule has 2 aromatic carbocycles. The summed E-state index contributed by atoms with van der Waals surface area (Å²) in [6.07, 6.45) is 0.0183. The Balaban J connectivity index is 1.76. The Morgan fingerprint density at radius 1 is 1.06 bits per heavy atom. The fourth-order valence-electron chi connectivity index (χ4n) is 3.65. The predicted molar refractivity (Wildman–Crippen MR) is 120 cm³/mol. The third-order valence-corrected chi connectivity index (χ3v) is 5.30. The highest BCUT2D eigenvalue weighted by atomic mass is 16.6. The first kappa shape index (κ1) is 24.1. The van der Waals surface area contributed by atoms with Crippen molar-refractivity contribution in [2.45, 2.75) is 32.9 Å². The van der Waals surface area contributed by atoms with Gasteiger partial charge in [-0.2, -0.15) is 0 Å². The smallest absolute Gasteiger partial charge is 0.410 e. The first-order valence-corrected chi connectivity index (χ1v) is 10.8.